The molecule has 0 unspecified atom stereocenters. The number of carbonyl (C=O) groups is 3. The van der Waals surface area contributed by atoms with Crippen LogP contribution in [0.2, 0.25) is 0 Å². The summed E-state index contributed by atoms with van der Waals surface area (Å²) in [5, 5.41) is 14.0. The largest absolute Gasteiger partial charge is 0.487 e. The highest BCUT2D eigenvalue weighted by molar-refractivity contribution is 6.02. The Hall–Kier alpha value is -3.95. The van der Waals surface area contributed by atoms with Gasteiger partial charge in [-0.3, -0.25) is 24.5 Å². The fourth-order valence-corrected chi connectivity index (χ4v) is 4.07. The Kier molecular flexibility index (Phi) is 6.25. The van der Waals surface area contributed by atoms with E-state index in [4.69, 9.17) is 9.47 Å². The second kappa shape index (κ2) is 9.27. The molecular weight excluding hydrogens is 430 g/mol. The van der Waals surface area contributed by atoms with Crippen molar-refractivity contribution in [2.24, 2.45) is 5.92 Å². The first-order valence-electron chi connectivity index (χ1n) is 10.7. The smallest absolute Gasteiger partial charge is 0.311 e. The van der Waals surface area contributed by atoms with E-state index in [1.54, 1.807) is 30.0 Å². The van der Waals surface area contributed by atoms with Crippen LogP contribution in [0.25, 0.3) is 0 Å². The number of anilines is 1. The zero-order chi connectivity index (χ0) is 23.5. The number of nitrogens with one attached hydrogen (secondary N) is 1. The third-order valence-corrected chi connectivity index (χ3v) is 5.75. The number of benzene rings is 2. The Balaban J connectivity index is 1.41. The lowest BCUT2D eigenvalue weighted by Gasteiger charge is -2.31. The highest BCUT2D eigenvalue weighted by Gasteiger charge is 2.30. The normalized spacial score (nSPS) is 15.8. The molecule has 172 valence electrons. The van der Waals surface area contributed by atoms with E-state index in [1.807, 2.05) is 0 Å². The molecular formula is C23H23N3O7. The number of piperidine rings is 1. The van der Waals surface area contributed by atoms with Crippen molar-refractivity contribution in [1.82, 2.24) is 4.90 Å². The molecule has 0 atom stereocenters. The third kappa shape index (κ3) is 4.64. The predicted molar refractivity (Wildman–Crippen MR) is 118 cm³/mol. The van der Waals surface area contributed by atoms with Crippen LogP contribution in [0.3, 0.4) is 0 Å². The molecule has 0 bridgehead atoms. The van der Waals surface area contributed by atoms with E-state index in [0.29, 0.717) is 42.9 Å². The summed E-state index contributed by atoms with van der Waals surface area (Å²) in [6.07, 6.45) is 0.952. The fourth-order valence-electron chi connectivity index (χ4n) is 4.07. The molecule has 1 saturated heterocycles. The fraction of sp³-hybridized carbons (Fsp3) is 0.348. The van der Waals surface area contributed by atoms with Gasteiger partial charge in [-0.25, -0.2) is 0 Å². The number of nitrogens with zero attached hydrogens (tertiary/aromatic N) is 2. The second-order valence-electron chi connectivity index (χ2n) is 7.85. The SMILES string of the molecule is CCOc1ccc(C(=O)N2CCC(C(=O)c3ccc4c(c3)NC(=O)CO4)CC2)cc1[N+](=O)[O-]. The van der Waals surface area contributed by atoms with Crippen molar-refractivity contribution in [1.29, 1.82) is 0 Å². The van der Waals surface area contributed by atoms with Gasteiger partial charge >= 0.3 is 5.69 Å². The number of rotatable bonds is 6. The highest BCUT2D eigenvalue weighted by Crippen LogP contribution is 2.32. The zero-order valence-electron chi connectivity index (χ0n) is 18.0. The van der Waals surface area contributed by atoms with Gasteiger partial charge in [0.25, 0.3) is 11.8 Å². The quantitative estimate of drug-likeness (QED) is 0.404. The molecule has 0 radical (unpaired) electrons. The van der Waals surface area contributed by atoms with Crippen LogP contribution in [-0.2, 0) is 4.79 Å². The lowest BCUT2D eigenvalue weighted by Crippen LogP contribution is -2.40. The molecule has 10 heteroatoms. The Labute approximate surface area is 189 Å². The number of nitro groups is 1. The molecule has 0 aromatic heterocycles. The second-order valence-corrected chi connectivity index (χ2v) is 7.85. The molecule has 1 N–H and O–H groups in total. The number of ketones is 1. The van der Waals surface area contributed by atoms with Crippen LogP contribution >= 0.6 is 0 Å². The predicted octanol–water partition coefficient (Wildman–Crippen LogP) is 3.06. The van der Waals surface area contributed by atoms with Crippen LogP contribution in [0.15, 0.2) is 36.4 Å². The number of likely N-dealkylation sites (tertiary alicyclic amines) is 1. The van der Waals surface area contributed by atoms with Crippen molar-refractivity contribution in [2.75, 3.05) is 31.6 Å². The monoisotopic (exact) mass is 453 g/mol. The summed E-state index contributed by atoms with van der Waals surface area (Å²) in [6, 6.07) is 9.14. The minimum atomic E-state index is -0.571. The molecule has 4 rings (SSSR count). The molecule has 0 aliphatic carbocycles. The average Bonchev–Trinajstić information content (AvgIpc) is 2.83. The highest BCUT2D eigenvalue weighted by atomic mass is 16.6. The summed E-state index contributed by atoms with van der Waals surface area (Å²) in [7, 11) is 0. The van der Waals surface area contributed by atoms with Crippen molar-refractivity contribution < 1.29 is 28.8 Å². The van der Waals surface area contributed by atoms with Gasteiger partial charge in [-0.15, -0.1) is 0 Å². The summed E-state index contributed by atoms with van der Waals surface area (Å²) in [6.45, 7) is 2.67. The number of fused-ring (bicyclic) bond motifs is 1. The summed E-state index contributed by atoms with van der Waals surface area (Å²) in [5.41, 5.74) is 0.907. The maximum absolute atomic E-state index is 13.0. The number of amides is 2. The van der Waals surface area contributed by atoms with Crippen molar-refractivity contribution >= 4 is 29.0 Å². The summed E-state index contributed by atoms with van der Waals surface area (Å²) in [4.78, 5) is 49.8. The van der Waals surface area contributed by atoms with Crippen LogP contribution in [0.5, 0.6) is 11.5 Å². The van der Waals surface area contributed by atoms with Gasteiger partial charge in [-0.05, 0) is 50.1 Å². The Morgan fingerprint density at radius 2 is 1.91 bits per heavy atom. The van der Waals surface area contributed by atoms with E-state index in [0.717, 1.165) is 0 Å². The van der Waals surface area contributed by atoms with Crippen LogP contribution in [-0.4, -0.2) is 53.7 Å². The van der Waals surface area contributed by atoms with E-state index in [9.17, 15) is 24.5 Å². The lowest BCUT2D eigenvalue weighted by molar-refractivity contribution is -0.385. The van der Waals surface area contributed by atoms with Crippen molar-refractivity contribution in [3.8, 4) is 11.5 Å². The molecule has 33 heavy (non-hydrogen) atoms. The number of carbonyl (C=O) groups excluding carboxylic acids is 3. The van der Waals surface area contributed by atoms with Gasteiger partial charge in [-0.2, -0.15) is 0 Å². The molecule has 2 aromatic carbocycles. The number of ether oxygens (including phenoxy) is 2. The summed E-state index contributed by atoms with van der Waals surface area (Å²) >= 11 is 0. The topological polar surface area (TPSA) is 128 Å². The van der Waals surface area contributed by atoms with E-state index < -0.39 is 4.92 Å². The number of nitro benzene ring substituents is 1. The van der Waals surface area contributed by atoms with Gasteiger partial charge in [-0.1, -0.05) is 0 Å². The maximum atomic E-state index is 13.0. The number of Topliss-reactive ketones (excluding diaryl/α,β-unsaturated/α-hetero) is 1. The number of hydrogen-bond acceptors (Lipinski definition) is 7. The molecule has 10 nitrogen and oxygen atoms in total. The molecule has 2 amide bonds. The van der Waals surface area contributed by atoms with Gasteiger partial charge in [0.2, 0.25) is 0 Å². The first-order chi connectivity index (χ1) is 15.9. The van der Waals surface area contributed by atoms with E-state index in [2.05, 4.69) is 5.32 Å². The standard InChI is InChI=1S/C23H23N3O7/c1-2-32-20-6-4-16(12-18(20)26(30)31)23(29)25-9-7-14(8-10-25)22(28)15-3-5-19-17(11-15)24-21(27)13-33-19/h3-6,11-12,14H,2,7-10,13H2,1H3,(H,24,27). The lowest BCUT2D eigenvalue weighted by atomic mass is 9.88. The minimum absolute atomic E-state index is 0.0513. The number of hydrogen-bond donors (Lipinski definition) is 1. The zero-order valence-corrected chi connectivity index (χ0v) is 18.0. The Morgan fingerprint density at radius 1 is 1.18 bits per heavy atom. The molecule has 2 aliphatic rings. The molecule has 2 aromatic rings. The molecule has 0 spiro atoms. The first-order valence-corrected chi connectivity index (χ1v) is 10.7. The van der Waals surface area contributed by atoms with Crippen LogP contribution in [0.4, 0.5) is 11.4 Å². The van der Waals surface area contributed by atoms with Gasteiger partial charge in [0.1, 0.15) is 5.75 Å². The van der Waals surface area contributed by atoms with Crippen LogP contribution < -0.4 is 14.8 Å². The molecule has 2 heterocycles. The average molecular weight is 453 g/mol. The third-order valence-electron chi connectivity index (χ3n) is 5.75. The van der Waals surface area contributed by atoms with E-state index >= 15 is 0 Å². The van der Waals surface area contributed by atoms with Gasteiger partial charge in [0.15, 0.2) is 18.1 Å². The maximum Gasteiger partial charge on any atom is 0.311 e. The summed E-state index contributed by atoms with van der Waals surface area (Å²) < 4.78 is 10.6. The minimum Gasteiger partial charge on any atom is -0.487 e. The summed E-state index contributed by atoms with van der Waals surface area (Å²) in [5.74, 6) is -0.261. The first kappa shape index (κ1) is 22.3. The van der Waals surface area contributed by atoms with Crippen LogP contribution in [0, 0.1) is 16.0 Å². The van der Waals surface area contributed by atoms with Crippen LogP contribution in [0.1, 0.15) is 40.5 Å². The van der Waals surface area contributed by atoms with Crippen molar-refractivity contribution in [3.05, 3.63) is 57.6 Å². The van der Waals surface area contributed by atoms with Crippen molar-refractivity contribution in [2.45, 2.75) is 19.8 Å². The Bertz CT molecular complexity index is 1120. The van der Waals surface area contributed by atoms with E-state index in [-0.39, 0.29) is 53.7 Å². The molecule has 0 saturated carbocycles. The van der Waals surface area contributed by atoms with E-state index in [1.165, 1.54) is 18.2 Å². The Morgan fingerprint density at radius 3 is 2.61 bits per heavy atom. The van der Waals surface area contributed by atoms with Gasteiger partial charge in [0.05, 0.1) is 17.2 Å². The van der Waals surface area contributed by atoms with Crippen molar-refractivity contribution in [3.63, 3.8) is 0 Å². The van der Waals surface area contributed by atoms with Gasteiger partial charge < -0.3 is 19.7 Å². The van der Waals surface area contributed by atoms with Gasteiger partial charge in [0, 0.05) is 36.2 Å². The molecule has 2 aliphatic heterocycles. The molecule has 1 fully saturated rings.